The normalized spacial score (nSPS) is 12.5. The zero-order valence-electron chi connectivity index (χ0n) is 17.8. The number of aromatic nitrogens is 6. The van der Waals surface area contributed by atoms with Crippen molar-refractivity contribution >= 4 is 11.8 Å². The highest BCUT2D eigenvalue weighted by Crippen LogP contribution is 2.29. The number of amides is 2. The van der Waals surface area contributed by atoms with Crippen molar-refractivity contribution < 1.29 is 22.8 Å². The first-order valence-electron chi connectivity index (χ1n) is 9.56. The molecule has 1 atom stereocenters. The number of aryl methyl sites for hydroxylation is 1. The number of hydrogen-bond donors (Lipinski definition) is 1. The monoisotopic (exact) mass is 450 g/mol. The van der Waals surface area contributed by atoms with Crippen LogP contribution in [0.25, 0.3) is 5.82 Å². The van der Waals surface area contributed by atoms with E-state index in [1.807, 2.05) is 6.92 Å². The Bertz CT molecular complexity index is 1140. The highest BCUT2D eigenvalue weighted by Gasteiger charge is 2.36. The summed E-state index contributed by atoms with van der Waals surface area (Å²) in [7, 11) is 2.77. The van der Waals surface area contributed by atoms with E-state index >= 15 is 0 Å². The van der Waals surface area contributed by atoms with Gasteiger partial charge in [0.2, 0.25) is 0 Å². The molecule has 170 valence electrons. The van der Waals surface area contributed by atoms with Crippen LogP contribution in [0, 0.1) is 0 Å². The van der Waals surface area contributed by atoms with Crippen LogP contribution in [0.2, 0.25) is 0 Å². The summed E-state index contributed by atoms with van der Waals surface area (Å²) >= 11 is 0. The molecule has 0 aliphatic carbocycles. The smallest absolute Gasteiger partial charge is 0.342 e. The molecule has 1 unspecified atom stereocenters. The number of hydrogen-bond acceptors (Lipinski definition) is 6. The predicted octanol–water partition coefficient (Wildman–Crippen LogP) is 2.00. The van der Waals surface area contributed by atoms with E-state index in [1.54, 1.807) is 14.0 Å². The van der Waals surface area contributed by atoms with E-state index in [2.05, 4.69) is 25.5 Å². The van der Waals surface area contributed by atoms with Crippen LogP contribution in [0.1, 0.15) is 52.1 Å². The molecule has 0 aromatic carbocycles. The maximum atomic E-state index is 13.0. The van der Waals surface area contributed by atoms with Crippen molar-refractivity contribution in [3.63, 3.8) is 0 Å². The van der Waals surface area contributed by atoms with Gasteiger partial charge in [0.05, 0.1) is 17.8 Å². The van der Waals surface area contributed by atoms with Gasteiger partial charge in [-0.1, -0.05) is 0 Å². The fourth-order valence-electron chi connectivity index (χ4n) is 2.92. The molecule has 3 aromatic heterocycles. The van der Waals surface area contributed by atoms with Gasteiger partial charge in [0, 0.05) is 45.3 Å². The molecule has 0 bridgehead atoms. The summed E-state index contributed by atoms with van der Waals surface area (Å²) in [5, 5.41) is 10.4. The van der Waals surface area contributed by atoms with Gasteiger partial charge in [0.1, 0.15) is 11.4 Å². The largest absolute Gasteiger partial charge is 0.433 e. The van der Waals surface area contributed by atoms with Crippen LogP contribution in [-0.2, 0) is 13.2 Å². The van der Waals surface area contributed by atoms with Crippen LogP contribution in [0.5, 0.6) is 0 Å². The standard InChI is InChI=1S/C19H21F3N8O2/c1-5-28(3)18(32)12-9-25-30(10-12)16-15(23-6-7-24-16)11(2)26-17(31)13-8-14(19(20,21)22)29(4)27-13/h6-11H,5H2,1-4H3,(H,26,31). The lowest BCUT2D eigenvalue weighted by Crippen LogP contribution is -2.29. The fraction of sp³-hybridized carbons (Fsp3) is 0.368. The Balaban J connectivity index is 1.84. The molecule has 1 N–H and O–H groups in total. The van der Waals surface area contributed by atoms with Crippen LogP contribution < -0.4 is 5.32 Å². The number of rotatable bonds is 6. The predicted molar refractivity (Wildman–Crippen MR) is 106 cm³/mol. The molecule has 3 heterocycles. The van der Waals surface area contributed by atoms with E-state index in [1.165, 1.54) is 34.4 Å². The van der Waals surface area contributed by atoms with E-state index in [0.717, 1.165) is 7.05 Å². The van der Waals surface area contributed by atoms with Crippen LogP contribution in [0.15, 0.2) is 30.9 Å². The SMILES string of the molecule is CCN(C)C(=O)c1cnn(-c2nccnc2C(C)NC(=O)c2cc(C(F)(F)F)n(C)n2)c1. The molecule has 0 saturated heterocycles. The van der Waals surface area contributed by atoms with Gasteiger partial charge in [-0.05, 0) is 13.8 Å². The number of nitrogens with zero attached hydrogens (tertiary/aromatic N) is 7. The summed E-state index contributed by atoms with van der Waals surface area (Å²) < 4.78 is 40.9. The van der Waals surface area contributed by atoms with Crippen molar-refractivity contribution in [2.75, 3.05) is 13.6 Å². The number of alkyl halides is 3. The summed E-state index contributed by atoms with van der Waals surface area (Å²) in [5.74, 6) is -0.766. The molecule has 0 fully saturated rings. The lowest BCUT2D eigenvalue weighted by atomic mass is 10.2. The molecular formula is C19H21F3N8O2. The topological polar surface area (TPSA) is 111 Å². The molecule has 0 spiro atoms. The Morgan fingerprint density at radius 1 is 1.25 bits per heavy atom. The molecule has 3 rings (SSSR count). The average Bonchev–Trinajstić information content (AvgIpc) is 3.39. The Labute approximate surface area is 181 Å². The Morgan fingerprint density at radius 2 is 1.94 bits per heavy atom. The third-order valence-corrected chi connectivity index (χ3v) is 4.73. The average molecular weight is 450 g/mol. The second-order valence-electron chi connectivity index (χ2n) is 6.99. The quantitative estimate of drug-likeness (QED) is 0.615. The number of carbonyl (C=O) groups excluding carboxylic acids is 2. The van der Waals surface area contributed by atoms with Crippen LogP contribution in [0.4, 0.5) is 13.2 Å². The van der Waals surface area contributed by atoms with Crippen LogP contribution >= 0.6 is 0 Å². The summed E-state index contributed by atoms with van der Waals surface area (Å²) in [5.41, 5.74) is -0.775. The first-order valence-corrected chi connectivity index (χ1v) is 9.56. The van der Waals surface area contributed by atoms with Gasteiger partial charge in [-0.3, -0.25) is 19.3 Å². The van der Waals surface area contributed by atoms with E-state index in [-0.39, 0.29) is 17.4 Å². The molecule has 10 nitrogen and oxygen atoms in total. The summed E-state index contributed by atoms with van der Waals surface area (Å²) in [6.45, 7) is 3.96. The van der Waals surface area contributed by atoms with Crippen molar-refractivity contribution in [2.24, 2.45) is 7.05 Å². The highest BCUT2D eigenvalue weighted by molar-refractivity contribution is 5.93. The number of carbonyl (C=O) groups is 2. The number of halogens is 3. The zero-order valence-corrected chi connectivity index (χ0v) is 17.8. The van der Waals surface area contributed by atoms with E-state index < -0.39 is 23.8 Å². The first-order chi connectivity index (χ1) is 15.0. The number of nitrogens with one attached hydrogen (secondary N) is 1. The molecule has 0 saturated carbocycles. The van der Waals surface area contributed by atoms with Crippen LogP contribution in [-0.4, -0.2) is 59.8 Å². The van der Waals surface area contributed by atoms with Crippen molar-refractivity contribution in [3.8, 4) is 5.82 Å². The first kappa shape index (κ1) is 22.9. The maximum Gasteiger partial charge on any atom is 0.433 e. The molecule has 0 aliphatic rings. The highest BCUT2D eigenvalue weighted by atomic mass is 19.4. The summed E-state index contributed by atoms with van der Waals surface area (Å²) in [6, 6.07) is -0.0703. The fourth-order valence-corrected chi connectivity index (χ4v) is 2.92. The van der Waals surface area contributed by atoms with Gasteiger partial charge in [-0.2, -0.15) is 23.4 Å². The van der Waals surface area contributed by atoms with Gasteiger partial charge >= 0.3 is 6.18 Å². The summed E-state index contributed by atoms with van der Waals surface area (Å²) in [6.07, 6.45) is 1.08. The second kappa shape index (κ2) is 8.77. The van der Waals surface area contributed by atoms with Crippen molar-refractivity contribution in [3.05, 3.63) is 53.5 Å². The van der Waals surface area contributed by atoms with E-state index in [0.29, 0.717) is 28.6 Å². The Kier molecular flexibility index (Phi) is 6.27. The Hall–Kier alpha value is -3.77. The van der Waals surface area contributed by atoms with Crippen molar-refractivity contribution in [1.82, 2.24) is 39.7 Å². The minimum atomic E-state index is -4.63. The third-order valence-electron chi connectivity index (χ3n) is 4.73. The minimum Gasteiger partial charge on any atom is -0.342 e. The molecule has 2 amide bonds. The second-order valence-corrected chi connectivity index (χ2v) is 6.99. The van der Waals surface area contributed by atoms with Gasteiger partial charge in [-0.15, -0.1) is 0 Å². The van der Waals surface area contributed by atoms with Gasteiger partial charge in [0.25, 0.3) is 11.8 Å². The maximum absolute atomic E-state index is 13.0. The molecule has 3 aromatic rings. The molecule has 13 heteroatoms. The van der Waals surface area contributed by atoms with Gasteiger partial charge in [0.15, 0.2) is 11.5 Å². The van der Waals surface area contributed by atoms with Crippen LogP contribution in [0.3, 0.4) is 0 Å². The van der Waals surface area contributed by atoms with Crippen molar-refractivity contribution in [1.29, 1.82) is 0 Å². The lowest BCUT2D eigenvalue weighted by Gasteiger charge is -2.15. The van der Waals surface area contributed by atoms with Gasteiger partial charge in [-0.25, -0.2) is 9.67 Å². The van der Waals surface area contributed by atoms with Gasteiger partial charge < -0.3 is 10.2 Å². The van der Waals surface area contributed by atoms with Crippen molar-refractivity contribution in [2.45, 2.75) is 26.1 Å². The van der Waals surface area contributed by atoms with E-state index in [9.17, 15) is 22.8 Å². The molecule has 32 heavy (non-hydrogen) atoms. The third kappa shape index (κ3) is 4.60. The minimum absolute atomic E-state index is 0.221. The zero-order chi connectivity index (χ0) is 23.6. The molecular weight excluding hydrogens is 429 g/mol. The Morgan fingerprint density at radius 3 is 2.56 bits per heavy atom. The molecule has 0 aliphatic heterocycles. The summed E-state index contributed by atoms with van der Waals surface area (Å²) in [4.78, 5) is 34.8. The molecule has 0 radical (unpaired) electrons. The van der Waals surface area contributed by atoms with E-state index in [4.69, 9.17) is 0 Å². The lowest BCUT2D eigenvalue weighted by molar-refractivity contribution is -0.143.